The van der Waals surface area contributed by atoms with Gasteiger partial charge in [0.1, 0.15) is 19.8 Å². The van der Waals surface area contributed by atoms with Crippen LogP contribution in [-0.2, 0) is 32.7 Å². The Labute approximate surface area is 356 Å². The van der Waals surface area contributed by atoms with Gasteiger partial charge in [-0.2, -0.15) is 0 Å². The molecule has 0 amide bonds. The van der Waals surface area contributed by atoms with Gasteiger partial charge in [-0.15, -0.1) is 0 Å². The van der Waals surface area contributed by atoms with Crippen molar-refractivity contribution in [1.29, 1.82) is 0 Å². The molecule has 2 unspecified atom stereocenters. The lowest BCUT2D eigenvalue weighted by Crippen LogP contribution is -2.37. The number of hydrogen-bond donors (Lipinski definition) is 0. The number of ether oxygens (including phenoxy) is 2. The Bertz CT molecular complexity index is 1170. The van der Waals surface area contributed by atoms with Crippen LogP contribution in [-0.4, -0.2) is 70.0 Å². The maximum Gasteiger partial charge on any atom is 0.306 e. The summed E-state index contributed by atoms with van der Waals surface area (Å²) in [6, 6.07) is 0. The third-order valence-electron chi connectivity index (χ3n) is 9.55. The van der Waals surface area contributed by atoms with E-state index in [0.717, 1.165) is 77.0 Å². The van der Waals surface area contributed by atoms with Gasteiger partial charge in [0.2, 0.25) is 0 Å². The lowest BCUT2D eigenvalue weighted by molar-refractivity contribution is -0.870. The van der Waals surface area contributed by atoms with Crippen LogP contribution in [0.2, 0.25) is 0 Å². The molecule has 10 heteroatoms. The molecule has 9 nitrogen and oxygen atoms in total. The molecule has 0 heterocycles. The fourth-order valence-electron chi connectivity index (χ4n) is 5.97. The molecule has 0 aromatic carbocycles. The van der Waals surface area contributed by atoms with Crippen molar-refractivity contribution >= 4 is 19.8 Å². The highest BCUT2D eigenvalue weighted by molar-refractivity contribution is 7.45. The van der Waals surface area contributed by atoms with Crippen molar-refractivity contribution in [1.82, 2.24) is 0 Å². The Morgan fingerprint density at radius 2 is 0.983 bits per heavy atom. The summed E-state index contributed by atoms with van der Waals surface area (Å²) < 4.78 is 33.8. The molecule has 0 aliphatic carbocycles. The highest BCUT2D eigenvalue weighted by atomic mass is 31.2. The Balaban J connectivity index is 4.12. The van der Waals surface area contributed by atoms with E-state index in [0.29, 0.717) is 17.4 Å². The largest absolute Gasteiger partial charge is 0.756 e. The monoisotopic (exact) mass is 836 g/mol. The lowest BCUT2D eigenvalue weighted by Gasteiger charge is -2.28. The quantitative estimate of drug-likeness (QED) is 0.0197. The van der Waals surface area contributed by atoms with Crippen molar-refractivity contribution in [2.24, 2.45) is 0 Å². The lowest BCUT2D eigenvalue weighted by atomic mass is 10.0. The van der Waals surface area contributed by atoms with E-state index in [1.54, 1.807) is 0 Å². The van der Waals surface area contributed by atoms with E-state index in [1.165, 1.54) is 70.6 Å². The maximum absolute atomic E-state index is 12.7. The van der Waals surface area contributed by atoms with Crippen LogP contribution in [0, 0.1) is 0 Å². The number of nitrogens with zero attached hydrogens (tertiary/aromatic N) is 1. The number of carbonyl (C=O) groups excluding carboxylic acids is 2. The molecule has 0 aromatic heterocycles. The van der Waals surface area contributed by atoms with Crippen molar-refractivity contribution in [3.05, 3.63) is 60.8 Å². The minimum atomic E-state index is -4.62. The topological polar surface area (TPSA) is 111 Å². The van der Waals surface area contributed by atoms with Gasteiger partial charge in [-0.1, -0.05) is 171 Å². The molecule has 0 radical (unpaired) electrons. The number of rotatable bonds is 41. The first-order chi connectivity index (χ1) is 28.0. The van der Waals surface area contributed by atoms with Crippen molar-refractivity contribution in [3.8, 4) is 0 Å². The minimum Gasteiger partial charge on any atom is -0.756 e. The van der Waals surface area contributed by atoms with E-state index in [9.17, 15) is 19.0 Å². The molecular formula is C48H86NO8P. The smallest absolute Gasteiger partial charge is 0.306 e. The molecule has 0 saturated heterocycles. The predicted molar refractivity (Wildman–Crippen MR) is 240 cm³/mol. The fourth-order valence-corrected chi connectivity index (χ4v) is 6.70. The summed E-state index contributed by atoms with van der Waals surface area (Å²) in [7, 11) is 1.16. The molecule has 336 valence electrons. The minimum absolute atomic E-state index is 0.0326. The van der Waals surface area contributed by atoms with Gasteiger partial charge in [-0.25, -0.2) is 0 Å². The van der Waals surface area contributed by atoms with E-state index in [-0.39, 0.29) is 26.1 Å². The second-order valence-corrected chi connectivity index (χ2v) is 17.8. The standard InChI is InChI=1S/C48H86NO8P/c1-6-8-10-12-14-15-16-17-18-19-20-21-22-23-24-25-26-27-28-29-30-31-32-33-35-37-39-41-48(51)57-46(45-56-58(52,53)55-43-42-49(3,4)5)44-54-47(50)40-38-36-34-13-11-9-7-2/h8,10,14-15,17-18,20-21,23-24,46H,6-7,9,11-13,16,19,22,25-45H2,1-5H3/b10-8-,15-14-,18-17-,21-20-,24-23-. The van der Waals surface area contributed by atoms with E-state index in [1.807, 2.05) is 21.1 Å². The van der Waals surface area contributed by atoms with Gasteiger partial charge in [0.25, 0.3) is 7.82 Å². The van der Waals surface area contributed by atoms with Gasteiger partial charge < -0.3 is 27.9 Å². The van der Waals surface area contributed by atoms with Crippen LogP contribution in [0.4, 0.5) is 0 Å². The Morgan fingerprint density at radius 3 is 1.47 bits per heavy atom. The SMILES string of the molecule is CC/C=C\C/C=C\C/C=C\C/C=C\C/C=C\CCCCCCCCCCCCCC(=O)OC(COC(=O)CCCCCCCCC)COP(=O)([O-])OCC[N+](C)(C)C. The summed E-state index contributed by atoms with van der Waals surface area (Å²) in [4.78, 5) is 37.3. The van der Waals surface area contributed by atoms with Crippen molar-refractivity contribution < 1.29 is 42.1 Å². The van der Waals surface area contributed by atoms with Gasteiger partial charge in [0.05, 0.1) is 27.7 Å². The van der Waals surface area contributed by atoms with Crippen LogP contribution < -0.4 is 4.89 Å². The van der Waals surface area contributed by atoms with Crippen molar-refractivity contribution in [2.75, 3.05) is 47.5 Å². The normalized spacial score (nSPS) is 14.1. The highest BCUT2D eigenvalue weighted by Crippen LogP contribution is 2.38. The first-order valence-corrected chi connectivity index (χ1v) is 24.5. The number of likely N-dealkylation sites (N-methyl/N-ethyl adjacent to an activating group) is 1. The number of hydrogen-bond acceptors (Lipinski definition) is 8. The Hall–Kier alpha value is -2.29. The summed E-state index contributed by atoms with van der Waals surface area (Å²) >= 11 is 0. The number of quaternary nitrogens is 1. The van der Waals surface area contributed by atoms with Crippen LogP contribution in [0.1, 0.15) is 181 Å². The predicted octanol–water partition coefficient (Wildman–Crippen LogP) is 12.6. The van der Waals surface area contributed by atoms with Crippen LogP contribution in [0.25, 0.3) is 0 Å². The molecular weight excluding hydrogens is 750 g/mol. The first kappa shape index (κ1) is 55.7. The molecule has 0 aliphatic rings. The second-order valence-electron chi connectivity index (χ2n) is 16.4. The van der Waals surface area contributed by atoms with Crippen LogP contribution in [0.3, 0.4) is 0 Å². The molecule has 0 rings (SSSR count). The average Bonchev–Trinajstić information content (AvgIpc) is 3.17. The molecule has 0 N–H and O–H groups in total. The van der Waals surface area contributed by atoms with E-state index in [4.69, 9.17) is 18.5 Å². The summed E-state index contributed by atoms with van der Waals surface area (Å²) in [6.45, 7) is 4.05. The molecule has 2 atom stereocenters. The number of carbonyl (C=O) groups is 2. The van der Waals surface area contributed by atoms with Gasteiger partial charge in [-0.3, -0.25) is 14.2 Å². The molecule has 58 heavy (non-hydrogen) atoms. The molecule has 0 bridgehead atoms. The third-order valence-corrected chi connectivity index (χ3v) is 10.5. The van der Waals surface area contributed by atoms with E-state index >= 15 is 0 Å². The molecule has 0 aromatic rings. The number of unbranched alkanes of at least 4 members (excludes halogenated alkanes) is 17. The summed E-state index contributed by atoms with van der Waals surface area (Å²) in [6.07, 6.45) is 48.5. The number of allylic oxidation sites excluding steroid dienone is 10. The Morgan fingerprint density at radius 1 is 0.552 bits per heavy atom. The third kappa shape index (κ3) is 43.3. The van der Waals surface area contributed by atoms with E-state index in [2.05, 4.69) is 74.6 Å². The Kier molecular flexibility index (Phi) is 38.5. The summed E-state index contributed by atoms with van der Waals surface area (Å²) in [5.74, 6) is -0.846. The highest BCUT2D eigenvalue weighted by Gasteiger charge is 2.21. The van der Waals surface area contributed by atoms with Crippen LogP contribution in [0.15, 0.2) is 60.8 Å². The second kappa shape index (κ2) is 40.1. The van der Waals surface area contributed by atoms with Crippen molar-refractivity contribution in [2.45, 2.75) is 187 Å². The zero-order valence-corrected chi connectivity index (χ0v) is 38.6. The summed E-state index contributed by atoms with van der Waals surface area (Å²) in [5, 5.41) is 0. The fraction of sp³-hybridized carbons (Fsp3) is 0.750. The molecule has 0 saturated carbocycles. The zero-order chi connectivity index (χ0) is 42.8. The number of esters is 2. The summed E-state index contributed by atoms with van der Waals surface area (Å²) in [5.41, 5.74) is 0. The van der Waals surface area contributed by atoms with Gasteiger partial charge in [0, 0.05) is 12.8 Å². The number of phosphoric acid groups is 1. The van der Waals surface area contributed by atoms with Crippen molar-refractivity contribution in [3.63, 3.8) is 0 Å². The van der Waals surface area contributed by atoms with Gasteiger partial charge in [-0.05, 0) is 57.8 Å². The molecule has 0 spiro atoms. The van der Waals surface area contributed by atoms with E-state index < -0.39 is 32.5 Å². The zero-order valence-electron chi connectivity index (χ0n) is 37.7. The van der Waals surface area contributed by atoms with Crippen LogP contribution >= 0.6 is 7.82 Å². The van der Waals surface area contributed by atoms with Crippen LogP contribution in [0.5, 0.6) is 0 Å². The maximum atomic E-state index is 12.7. The molecule has 0 fully saturated rings. The average molecular weight is 836 g/mol. The van der Waals surface area contributed by atoms with Gasteiger partial charge in [0.15, 0.2) is 6.10 Å². The van der Waals surface area contributed by atoms with Gasteiger partial charge >= 0.3 is 11.9 Å². The first-order valence-electron chi connectivity index (χ1n) is 23.0. The molecule has 0 aliphatic heterocycles. The number of phosphoric ester groups is 1.